The summed E-state index contributed by atoms with van der Waals surface area (Å²) in [5.74, 6) is 2.74. The summed E-state index contributed by atoms with van der Waals surface area (Å²) in [6, 6.07) is 10.3. The van der Waals surface area contributed by atoms with Crippen molar-refractivity contribution >= 4 is 52.9 Å². The standard InChI is InChI=1S/C16H22N4.2C8H10N4.3ClH.Os/c17-9-4-1-2-5-10-18-14-8-12-20-16(13-14)15-7-3-6-11-19-15;2*1-5-6(2)12-8(11-5)7-9-3-4-10-7;;;;/h3,6-8,11-13H,1-2,4-5,9-10,17H2,(H,18,20);2*3,5H,4H2,1-2H3;3*1H;/q;;;;;;+3/p-3/t;2*5-;;;;/m.11..../s1. The zero-order valence-electron chi connectivity index (χ0n) is 27.5. The average Bonchev–Trinajstić information content (AvgIpc) is 3.87. The van der Waals surface area contributed by atoms with Gasteiger partial charge in [-0.1, -0.05) is 18.9 Å². The molecule has 0 saturated heterocycles. The van der Waals surface area contributed by atoms with E-state index in [1.807, 2.05) is 64.2 Å². The van der Waals surface area contributed by atoms with Crippen molar-refractivity contribution in [3.05, 3.63) is 42.7 Å². The summed E-state index contributed by atoms with van der Waals surface area (Å²) >= 11 is 0. The molecule has 0 aromatic carbocycles. The zero-order chi connectivity index (χ0) is 31.1. The molecule has 4 aliphatic rings. The number of aliphatic imine (C=N–C) groups is 8. The molecule has 0 amide bonds. The van der Waals surface area contributed by atoms with E-state index in [1.165, 1.54) is 19.3 Å². The number of pyridine rings is 2. The van der Waals surface area contributed by atoms with Crippen LogP contribution in [0.1, 0.15) is 53.4 Å². The van der Waals surface area contributed by atoms with Crippen molar-refractivity contribution in [2.75, 3.05) is 31.5 Å². The number of nitrogens with zero attached hydrogens (tertiary/aromatic N) is 10. The van der Waals surface area contributed by atoms with Gasteiger partial charge in [-0.2, -0.15) is 0 Å². The third-order valence-corrected chi connectivity index (χ3v) is 7.03. The SMILES string of the molecule is CC1=NC(C2=NCC=N2)=N[C@@H]1C.CC1=NC(C2=NCC=N2)=N[C@@H]1C.NCCCCCCNc1ccnc(-c2ccccn2)c1.[Cl-].[Cl-].[Cl-].[Os+3]. The minimum absolute atomic E-state index is 0. The quantitative estimate of drug-likeness (QED) is 0.231. The minimum Gasteiger partial charge on any atom is -1.00 e. The van der Waals surface area contributed by atoms with E-state index in [0.717, 1.165) is 48.0 Å². The maximum absolute atomic E-state index is 5.48. The molecule has 2 aromatic heterocycles. The fourth-order valence-corrected chi connectivity index (χ4v) is 4.25. The van der Waals surface area contributed by atoms with Gasteiger partial charge in [0, 0.05) is 48.5 Å². The fraction of sp³-hybridized carbons (Fsp3) is 0.438. The number of nitrogens with two attached hydrogens (primary N) is 1. The van der Waals surface area contributed by atoms with E-state index in [-0.39, 0.29) is 69.1 Å². The van der Waals surface area contributed by atoms with E-state index in [4.69, 9.17) is 5.73 Å². The topological polar surface area (TPSA) is 163 Å². The first-order valence-corrected chi connectivity index (χ1v) is 15.2. The Bertz CT molecular complexity index is 1460. The smallest absolute Gasteiger partial charge is 1.00 e. The second-order valence-corrected chi connectivity index (χ2v) is 10.5. The van der Waals surface area contributed by atoms with Crippen LogP contribution in [-0.2, 0) is 19.8 Å². The van der Waals surface area contributed by atoms with Crippen LogP contribution in [-0.4, -0.2) is 95.4 Å². The molecule has 2 aromatic rings. The molecule has 3 N–H and O–H groups in total. The van der Waals surface area contributed by atoms with Gasteiger partial charge in [-0.15, -0.1) is 0 Å². The van der Waals surface area contributed by atoms with E-state index in [1.54, 1.807) is 18.6 Å². The number of hydrogen-bond acceptors (Lipinski definition) is 12. The largest absolute Gasteiger partial charge is 3.00 e. The molecule has 0 aliphatic carbocycles. The normalized spacial score (nSPS) is 17.9. The van der Waals surface area contributed by atoms with Gasteiger partial charge >= 0.3 is 19.8 Å². The van der Waals surface area contributed by atoms with Crippen LogP contribution >= 0.6 is 0 Å². The summed E-state index contributed by atoms with van der Waals surface area (Å²) in [4.78, 5) is 42.3. The van der Waals surface area contributed by atoms with Gasteiger partial charge in [-0.05, 0) is 71.3 Å². The van der Waals surface area contributed by atoms with E-state index < -0.39 is 0 Å². The molecular weight excluding hydrogens is 849 g/mol. The van der Waals surface area contributed by atoms with Crippen LogP contribution in [0.2, 0.25) is 0 Å². The van der Waals surface area contributed by atoms with Crippen LogP contribution in [0.15, 0.2) is 82.7 Å². The van der Waals surface area contributed by atoms with Gasteiger partial charge in [0.1, 0.15) is 0 Å². The molecule has 0 saturated carbocycles. The molecule has 259 valence electrons. The summed E-state index contributed by atoms with van der Waals surface area (Å²) in [5, 5.41) is 3.43. The number of aromatic nitrogens is 2. The Kier molecular flexibility index (Phi) is 22.6. The second-order valence-electron chi connectivity index (χ2n) is 10.5. The first-order valence-electron chi connectivity index (χ1n) is 15.2. The summed E-state index contributed by atoms with van der Waals surface area (Å²) in [6.07, 6.45) is 11.9. The number of amidine groups is 4. The van der Waals surface area contributed by atoms with Gasteiger partial charge in [0.2, 0.25) is 0 Å². The molecule has 12 nitrogen and oxygen atoms in total. The predicted octanol–water partition coefficient (Wildman–Crippen LogP) is -4.45. The third kappa shape index (κ3) is 14.2. The Hall–Kier alpha value is -3.07. The zero-order valence-corrected chi connectivity index (χ0v) is 32.4. The third-order valence-electron chi connectivity index (χ3n) is 7.03. The molecule has 1 radical (unpaired) electrons. The van der Waals surface area contributed by atoms with Crippen molar-refractivity contribution in [2.24, 2.45) is 45.7 Å². The van der Waals surface area contributed by atoms with E-state index in [0.29, 0.717) is 36.4 Å². The Morgan fingerprint density at radius 2 is 1.27 bits per heavy atom. The average molecular weight is 891 g/mol. The predicted molar refractivity (Wildman–Crippen MR) is 185 cm³/mol. The Balaban J connectivity index is 0.000000692. The van der Waals surface area contributed by atoms with Crippen LogP contribution < -0.4 is 48.3 Å². The maximum atomic E-state index is 5.48. The van der Waals surface area contributed by atoms with Gasteiger partial charge in [0.25, 0.3) is 0 Å². The molecule has 6 rings (SSSR count). The maximum Gasteiger partial charge on any atom is 3.00 e. The van der Waals surface area contributed by atoms with Crippen molar-refractivity contribution in [2.45, 2.75) is 65.5 Å². The number of hydrogen-bond donors (Lipinski definition) is 2. The van der Waals surface area contributed by atoms with Crippen LogP contribution in [0.25, 0.3) is 11.4 Å². The van der Waals surface area contributed by atoms with Gasteiger partial charge in [0.05, 0.1) is 36.6 Å². The molecule has 48 heavy (non-hydrogen) atoms. The van der Waals surface area contributed by atoms with Crippen LogP contribution in [0.3, 0.4) is 0 Å². The molecule has 16 heteroatoms. The number of anilines is 1. The van der Waals surface area contributed by atoms with Crippen LogP contribution in [0, 0.1) is 0 Å². The van der Waals surface area contributed by atoms with Gasteiger partial charge in [-0.25, -0.2) is 20.0 Å². The molecule has 0 bridgehead atoms. The molecule has 0 spiro atoms. The summed E-state index contributed by atoms with van der Waals surface area (Å²) in [7, 11) is 0. The molecule has 2 atom stereocenters. The number of rotatable bonds is 10. The molecule has 0 fully saturated rings. The summed E-state index contributed by atoms with van der Waals surface area (Å²) in [6.45, 7) is 11.1. The number of halogens is 3. The van der Waals surface area contributed by atoms with Crippen molar-refractivity contribution in [1.82, 2.24) is 9.97 Å². The Labute approximate surface area is 315 Å². The van der Waals surface area contributed by atoms with Crippen molar-refractivity contribution in [3.63, 3.8) is 0 Å². The monoisotopic (exact) mass is 891 g/mol. The fourth-order valence-electron chi connectivity index (χ4n) is 4.25. The summed E-state index contributed by atoms with van der Waals surface area (Å²) in [5.41, 5.74) is 10.5. The van der Waals surface area contributed by atoms with E-state index in [9.17, 15) is 0 Å². The molecule has 0 unspecified atom stereocenters. The van der Waals surface area contributed by atoms with Gasteiger partial charge in [-0.3, -0.25) is 29.9 Å². The molecular formula is C32H42Cl3N12Os. The van der Waals surface area contributed by atoms with Gasteiger partial charge in [0.15, 0.2) is 23.3 Å². The van der Waals surface area contributed by atoms with Crippen molar-refractivity contribution in [1.29, 1.82) is 0 Å². The first kappa shape index (κ1) is 44.9. The van der Waals surface area contributed by atoms with Crippen LogP contribution in [0.5, 0.6) is 0 Å². The Morgan fingerprint density at radius 1 is 0.708 bits per heavy atom. The molecule has 6 heterocycles. The summed E-state index contributed by atoms with van der Waals surface area (Å²) < 4.78 is 0. The van der Waals surface area contributed by atoms with Gasteiger partial charge < -0.3 is 48.3 Å². The minimum atomic E-state index is 0. The number of unbranched alkanes of at least 4 members (excludes halogenated alkanes) is 3. The Morgan fingerprint density at radius 3 is 1.73 bits per heavy atom. The number of nitrogens with one attached hydrogen (secondary N) is 1. The van der Waals surface area contributed by atoms with Crippen molar-refractivity contribution < 1.29 is 57.0 Å². The van der Waals surface area contributed by atoms with E-state index >= 15 is 0 Å². The second kappa shape index (κ2) is 24.1. The first-order chi connectivity index (χ1) is 21.4. The van der Waals surface area contributed by atoms with Crippen LogP contribution in [0.4, 0.5) is 5.69 Å². The molecule has 4 aliphatic heterocycles. The van der Waals surface area contributed by atoms with E-state index in [2.05, 4.69) is 55.2 Å². The van der Waals surface area contributed by atoms with Crippen molar-refractivity contribution in [3.8, 4) is 11.4 Å².